The molecule has 2 aromatic heterocycles. The van der Waals surface area contributed by atoms with E-state index in [0.717, 1.165) is 99.3 Å². The Bertz CT molecular complexity index is 2720. The Morgan fingerprint density at radius 2 is 1.66 bits per heavy atom. The number of imide groups is 2. The van der Waals surface area contributed by atoms with Crippen LogP contribution in [0.25, 0.3) is 10.9 Å². The van der Waals surface area contributed by atoms with Gasteiger partial charge in [-0.1, -0.05) is 11.6 Å². The molecule has 352 valence electrons. The van der Waals surface area contributed by atoms with Crippen LogP contribution >= 0.6 is 11.6 Å². The molecule has 10 rings (SSSR count). The second-order valence-electron chi connectivity index (χ2n) is 19.1. The Balaban J connectivity index is 0.675. The van der Waals surface area contributed by atoms with Crippen molar-refractivity contribution < 1.29 is 33.4 Å². The van der Waals surface area contributed by atoms with E-state index in [9.17, 15) is 28.8 Å². The van der Waals surface area contributed by atoms with Gasteiger partial charge >= 0.3 is 0 Å². The maximum atomic E-state index is 13.4. The van der Waals surface area contributed by atoms with E-state index < -0.39 is 29.7 Å². The van der Waals surface area contributed by atoms with Crippen LogP contribution in [-0.2, 0) is 19.1 Å². The summed E-state index contributed by atoms with van der Waals surface area (Å²) in [6.07, 6.45) is 8.23. The van der Waals surface area contributed by atoms with Crippen molar-refractivity contribution in [3.63, 3.8) is 0 Å². The summed E-state index contributed by atoms with van der Waals surface area (Å²) in [5.41, 5.74) is 2.96. The van der Waals surface area contributed by atoms with E-state index in [1.807, 2.05) is 38.1 Å². The van der Waals surface area contributed by atoms with Gasteiger partial charge in [0.1, 0.15) is 11.1 Å². The van der Waals surface area contributed by atoms with Gasteiger partial charge in [0.2, 0.25) is 17.8 Å². The summed E-state index contributed by atoms with van der Waals surface area (Å²) in [5, 5.41) is 9.22. The van der Waals surface area contributed by atoms with Gasteiger partial charge in [0, 0.05) is 81.6 Å². The maximum absolute atomic E-state index is 13.4. The van der Waals surface area contributed by atoms with Crippen molar-refractivity contribution in [2.45, 2.75) is 95.5 Å². The van der Waals surface area contributed by atoms with Crippen molar-refractivity contribution in [1.29, 1.82) is 0 Å². The van der Waals surface area contributed by atoms with Crippen LogP contribution in [0.2, 0.25) is 5.02 Å². The minimum Gasteiger partial charge on any atom is -0.478 e. The van der Waals surface area contributed by atoms with Crippen molar-refractivity contribution in [3.8, 4) is 5.75 Å². The molecule has 19 heteroatoms. The number of amides is 5. The van der Waals surface area contributed by atoms with E-state index in [0.29, 0.717) is 45.1 Å². The minimum atomic E-state index is -0.972. The monoisotopic (exact) mass is 934 g/mol. The molecule has 1 saturated carbocycles. The molecule has 5 aliphatic heterocycles. The Morgan fingerprint density at radius 1 is 0.910 bits per heavy atom. The Labute approximate surface area is 392 Å². The van der Waals surface area contributed by atoms with Gasteiger partial charge in [0.15, 0.2) is 18.2 Å². The van der Waals surface area contributed by atoms with Gasteiger partial charge in [-0.3, -0.25) is 43.9 Å². The number of carbonyl (C=O) groups excluding carboxylic acids is 5. The molecule has 2 aromatic carbocycles. The minimum absolute atomic E-state index is 0.0914. The second-order valence-corrected chi connectivity index (χ2v) is 19.6. The van der Waals surface area contributed by atoms with Crippen LogP contribution in [0.3, 0.4) is 0 Å². The fourth-order valence-electron chi connectivity index (χ4n) is 10.7. The van der Waals surface area contributed by atoms with Gasteiger partial charge in [-0.15, -0.1) is 0 Å². The number of ether oxygens (including phenoxy) is 2. The van der Waals surface area contributed by atoms with Gasteiger partial charge in [-0.2, -0.15) is 4.98 Å². The van der Waals surface area contributed by atoms with Gasteiger partial charge in [0.25, 0.3) is 23.3 Å². The summed E-state index contributed by atoms with van der Waals surface area (Å²) < 4.78 is 13.9. The highest BCUT2D eigenvalue weighted by Gasteiger charge is 2.50. The number of anilines is 4. The van der Waals surface area contributed by atoms with Crippen LogP contribution in [0.1, 0.15) is 92.0 Å². The first-order valence-electron chi connectivity index (χ1n) is 23.3. The zero-order valence-corrected chi connectivity index (χ0v) is 38.6. The number of hydrogen-bond donors (Lipinski definition) is 3. The van der Waals surface area contributed by atoms with Crippen molar-refractivity contribution in [2.75, 3.05) is 68.0 Å². The van der Waals surface area contributed by atoms with Crippen LogP contribution in [0.4, 0.5) is 23.1 Å². The third kappa shape index (κ3) is 8.59. The number of likely N-dealkylation sites (N-methyl/N-ethyl adjacent to an activating group) is 1. The van der Waals surface area contributed by atoms with E-state index in [4.69, 9.17) is 26.1 Å². The Morgan fingerprint density at radius 3 is 2.37 bits per heavy atom. The van der Waals surface area contributed by atoms with E-state index in [1.165, 1.54) is 7.05 Å². The number of nitrogens with zero attached hydrogens (tertiary/aromatic N) is 7. The number of hydrogen-bond acceptors (Lipinski definition) is 14. The maximum Gasteiger partial charge on any atom is 0.293 e. The predicted molar refractivity (Wildman–Crippen MR) is 250 cm³/mol. The number of piperidine rings is 3. The molecule has 0 radical (unpaired) electrons. The largest absolute Gasteiger partial charge is 0.478 e. The summed E-state index contributed by atoms with van der Waals surface area (Å²) in [6, 6.07) is 12.1. The normalized spacial score (nSPS) is 23.1. The Hall–Kier alpha value is -6.11. The van der Waals surface area contributed by atoms with E-state index in [-0.39, 0.29) is 54.9 Å². The summed E-state index contributed by atoms with van der Waals surface area (Å²) in [6.45, 7) is 9.01. The number of rotatable bonds is 12. The first-order valence-corrected chi connectivity index (χ1v) is 23.7. The van der Waals surface area contributed by atoms with Crippen molar-refractivity contribution >= 4 is 75.2 Å². The SMILES string of the molecule is CNC(=O)COc1cc2cc(Nc3nc(N4CCC(OC5CC(N6CC7(CCN(c8ccc9c(c8)C(=O)N([C@@H]8CCC(=O)NC8=O)C9=O)CC7)C6)C5)CC4)ncc3Cl)ccc2n(C(C)C)c1=O. The fraction of sp³-hybridized carbons (Fsp3) is 0.500. The zero-order chi connectivity index (χ0) is 46.7. The molecule has 67 heavy (non-hydrogen) atoms. The molecule has 6 aliphatic rings. The molecule has 4 aromatic rings. The molecule has 1 aliphatic carbocycles. The number of aromatic nitrogens is 3. The van der Waals surface area contributed by atoms with Crippen LogP contribution in [0, 0.1) is 5.41 Å². The van der Waals surface area contributed by atoms with E-state index in [2.05, 4.69) is 35.6 Å². The predicted octanol–water partition coefficient (Wildman–Crippen LogP) is 4.41. The molecule has 3 N–H and O–H groups in total. The number of carbonyl (C=O) groups is 5. The molecule has 0 unspecified atom stereocenters. The number of pyridine rings is 1. The number of halogens is 1. The highest BCUT2D eigenvalue weighted by Crippen LogP contribution is 2.46. The third-order valence-electron chi connectivity index (χ3n) is 14.5. The topological polar surface area (TPSA) is 201 Å². The number of benzene rings is 2. The Kier molecular flexibility index (Phi) is 11.9. The molecule has 18 nitrogen and oxygen atoms in total. The molecule has 0 bridgehead atoms. The molecular weight excluding hydrogens is 880 g/mol. The third-order valence-corrected chi connectivity index (χ3v) is 14.8. The van der Waals surface area contributed by atoms with Gasteiger partial charge in [0.05, 0.1) is 35.0 Å². The summed E-state index contributed by atoms with van der Waals surface area (Å²) >= 11 is 6.61. The average Bonchev–Trinajstić information content (AvgIpc) is 3.54. The summed E-state index contributed by atoms with van der Waals surface area (Å²) in [7, 11) is 1.51. The lowest BCUT2D eigenvalue weighted by molar-refractivity contribution is -0.136. The van der Waals surface area contributed by atoms with Crippen molar-refractivity contribution in [2.24, 2.45) is 5.41 Å². The van der Waals surface area contributed by atoms with Gasteiger partial charge in [-0.25, -0.2) is 4.98 Å². The highest BCUT2D eigenvalue weighted by molar-refractivity contribution is 6.33. The van der Waals surface area contributed by atoms with Gasteiger partial charge < -0.3 is 34.5 Å². The summed E-state index contributed by atoms with van der Waals surface area (Å²) in [5.74, 6) is -1.15. The first kappa shape index (κ1) is 44.7. The molecule has 5 fully saturated rings. The number of likely N-dealkylation sites (tertiary alicyclic amines) is 1. The zero-order valence-electron chi connectivity index (χ0n) is 37.9. The number of nitrogens with one attached hydrogen (secondary N) is 3. The lowest BCUT2D eigenvalue weighted by atomic mass is 9.69. The summed E-state index contributed by atoms with van der Waals surface area (Å²) in [4.78, 5) is 93.3. The van der Waals surface area contributed by atoms with Crippen LogP contribution in [0.15, 0.2) is 53.5 Å². The molecule has 7 heterocycles. The molecule has 1 atom stereocenters. The second kappa shape index (κ2) is 17.8. The standard InChI is InChI=1S/C48H55ClN10O8/c1-27(2)58-37-7-4-29(18-28(37)19-39(46(58)65)66-24-41(61)50-3)52-42-36(49)23-51-47(54-42)56-14-10-32(11-15-56)67-33-20-31(21-33)57-25-48(26-57)12-16-55(17-13-48)30-5-6-34-35(22-30)45(64)59(44(34)63)38-8-9-40(60)53-43(38)62/h4-7,18-19,22-23,27,31-33,38H,8-17,20-21,24-26H2,1-3H3,(H,50,61)(H,51,52,54)(H,53,60,62)/t31?,33?,38-/m1/s1. The quantitative estimate of drug-likeness (QED) is 0.169. The van der Waals surface area contributed by atoms with Crippen molar-refractivity contribution in [3.05, 3.63) is 75.2 Å². The molecule has 1 spiro atoms. The molecular formula is C48H55ClN10O8. The average molecular weight is 935 g/mol. The van der Waals surface area contributed by atoms with Crippen LogP contribution in [-0.4, -0.2) is 131 Å². The number of fused-ring (bicyclic) bond motifs is 2. The van der Waals surface area contributed by atoms with Gasteiger partial charge in [-0.05, 0) is 107 Å². The smallest absolute Gasteiger partial charge is 0.293 e. The first-order chi connectivity index (χ1) is 32.3. The molecule has 5 amide bonds. The van der Waals surface area contributed by atoms with E-state index >= 15 is 0 Å². The lowest BCUT2D eigenvalue weighted by Gasteiger charge is -2.59. The van der Waals surface area contributed by atoms with Crippen LogP contribution < -0.4 is 36.0 Å². The fourth-order valence-corrected chi connectivity index (χ4v) is 10.8. The van der Waals surface area contributed by atoms with Crippen LogP contribution in [0.5, 0.6) is 5.75 Å². The van der Waals surface area contributed by atoms with Crippen molar-refractivity contribution in [1.82, 2.24) is 35.0 Å². The highest BCUT2D eigenvalue weighted by atomic mass is 35.5. The molecule has 4 saturated heterocycles. The lowest BCUT2D eigenvalue weighted by Crippen LogP contribution is -2.65. The van der Waals surface area contributed by atoms with E-state index in [1.54, 1.807) is 29.0 Å².